The van der Waals surface area contributed by atoms with Crippen molar-refractivity contribution in [2.75, 3.05) is 13.2 Å². The molecule has 0 saturated heterocycles. The molecule has 0 heterocycles. The first-order valence-electron chi connectivity index (χ1n) is 11.3. The molecule has 4 rings (SSSR count). The van der Waals surface area contributed by atoms with Crippen molar-refractivity contribution in [1.29, 1.82) is 0 Å². The molecule has 2 aliphatic carbocycles. The minimum Gasteiger partial charge on any atom is -0.478 e. The summed E-state index contributed by atoms with van der Waals surface area (Å²) in [7, 11) is 0. The van der Waals surface area contributed by atoms with Gasteiger partial charge in [-0.05, 0) is 47.4 Å². The number of carbonyl (C=O) groups excluding carboxylic acids is 2. The van der Waals surface area contributed by atoms with E-state index in [1.807, 2.05) is 24.3 Å². The van der Waals surface area contributed by atoms with Gasteiger partial charge in [0.25, 0.3) is 0 Å². The van der Waals surface area contributed by atoms with Crippen LogP contribution in [0.4, 0.5) is 4.79 Å². The number of ether oxygens (including phenoxy) is 1. The lowest BCUT2D eigenvalue weighted by Crippen LogP contribution is -2.34. The molecule has 2 amide bonds. The Morgan fingerprint density at radius 3 is 2.33 bits per heavy atom. The second-order valence-corrected chi connectivity index (χ2v) is 8.59. The largest absolute Gasteiger partial charge is 0.478 e. The molecule has 1 fully saturated rings. The number of nitrogens with one attached hydrogen (secondary N) is 2. The van der Waals surface area contributed by atoms with Crippen molar-refractivity contribution < 1.29 is 24.2 Å². The van der Waals surface area contributed by atoms with Crippen LogP contribution in [0.5, 0.6) is 0 Å². The summed E-state index contributed by atoms with van der Waals surface area (Å²) < 4.78 is 5.62. The maximum absolute atomic E-state index is 12.5. The number of aliphatic carboxylic acids is 1. The molecule has 33 heavy (non-hydrogen) atoms. The molecular formula is C26H28N2O5. The number of carbonyl (C=O) groups is 3. The number of hydrogen-bond acceptors (Lipinski definition) is 4. The summed E-state index contributed by atoms with van der Waals surface area (Å²) in [5.41, 5.74) is 4.74. The Bertz CT molecular complexity index is 1020. The van der Waals surface area contributed by atoms with Crippen LogP contribution < -0.4 is 10.6 Å². The van der Waals surface area contributed by atoms with Crippen molar-refractivity contribution in [3.63, 3.8) is 0 Å². The monoisotopic (exact) mass is 448 g/mol. The Kier molecular flexibility index (Phi) is 7.07. The Morgan fingerprint density at radius 1 is 1.00 bits per heavy atom. The fourth-order valence-corrected chi connectivity index (χ4v) is 4.87. The summed E-state index contributed by atoms with van der Waals surface area (Å²) in [6, 6.07) is 16.4. The van der Waals surface area contributed by atoms with Crippen LogP contribution in [0, 0.1) is 5.92 Å². The van der Waals surface area contributed by atoms with Crippen LogP contribution in [0.15, 0.2) is 60.7 Å². The minimum atomic E-state index is -1.04. The number of carboxylic acid groups (broad SMARTS) is 1. The lowest BCUT2D eigenvalue weighted by Gasteiger charge is -2.17. The Labute approximate surface area is 192 Å². The zero-order chi connectivity index (χ0) is 23.2. The van der Waals surface area contributed by atoms with Crippen molar-refractivity contribution in [3.8, 4) is 11.1 Å². The number of fused-ring (bicyclic) bond motifs is 3. The molecule has 0 spiro atoms. The fraction of sp³-hybridized carbons (Fsp3) is 0.346. The van der Waals surface area contributed by atoms with Crippen LogP contribution in [-0.4, -0.2) is 42.3 Å². The lowest BCUT2D eigenvalue weighted by atomic mass is 9.98. The lowest BCUT2D eigenvalue weighted by molar-refractivity contribution is -0.131. The molecule has 172 valence electrons. The van der Waals surface area contributed by atoms with Gasteiger partial charge in [0.05, 0.1) is 0 Å². The normalized spacial score (nSPS) is 19.2. The van der Waals surface area contributed by atoms with Crippen molar-refractivity contribution in [2.24, 2.45) is 5.92 Å². The van der Waals surface area contributed by atoms with Gasteiger partial charge in [-0.15, -0.1) is 0 Å². The summed E-state index contributed by atoms with van der Waals surface area (Å²) in [4.78, 5) is 34.9. The smallest absolute Gasteiger partial charge is 0.407 e. The average Bonchev–Trinajstić information content (AvgIpc) is 3.37. The molecule has 2 aliphatic rings. The molecule has 2 aromatic rings. The molecule has 0 bridgehead atoms. The van der Waals surface area contributed by atoms with Gasteiger partial charge in [-0.2, -0.15) is 0 Å². The van der Waals surface area contributed by atoms with E-state index in [0.717, 1.165) is 25.3 Å². The molecule has 7 heteroatoms. The van der Waals surface area contributed by atoms with Crippen molar-refractivity contribution in [2.45, 2.75) is 37.6 Å². The topological polar surface area (TPSA) is 105 Å². The van der Waals surface area contributed by atoms with Crippen molar-refractivity contribution >= 4 is 18.0 Å². The molecule has 2 atom stereocenters. The zero-order valence-electron chi connectivity index (χ0n) is 18.3. The van der Waals surface area contributed by atoms with E-state index in [9.17, 15) is 14.4 Å². The standard InChI is InChI=1S/C26H28N2O5/c29-24(27-13-5-10-25(30)31)15-17-11-12-18(14-17)28-26(32)33-16-23-21-8-3-1-6-19(21)20-7-2-4-9-22(20)23/h1-10,17-18,23H,11-16H2,(H,27,29)(H,28,32)(H,30,31)/b10-5+/t17-,18+/m0/s1. The number of benzene rings is 2. The highest BCUT2D eigenvalue weighted by atomic mass is 16.5. The third-order valence-corrected chi connectivity index (χ3v) is 6.36. The number of amides is 2. The van der Waals surface area contributed by atoms with Crippen LogP contribution in [0.2, 0.25) is 0 Å². The quantitative estimate of drug-likeness (QED) is 0.532. The summed E-state index contributed by atoms with van der Waals surface area (Å²) in [5.74, 6) is -0.940. The van der Waals surface area contributed by atoms with Gasteiger partial charge in [-0.25, -0.2) is 9.59 Å². The van der Waals surface area contributed by atoms with Gasteiger partial charge in [0.15, 0.2) is 0 Å². The van der Waals surface area contributed by atoms with Gasteiger partial charge < -0.3 is 20.5 Å². The van der Waals surface area contributed by atoms with Crippen molar-refractivity contribution in [3.05, 3.63) is 71.8 Å². The maximum atomic E-state index is 12.5. The molecule has 0 aromatic heterocycles. The van der Waals surface area contributed by atoms with Gasteiger partial charge in [0.2, 0.25) is 5.91 Å². The third-order valence-electron chi connectivity index (χ3n) is 6.36. The van der Waals surface area contributed by atoms with Crippen LogP contribution in [0.1, 0.15) is 42.7 Å². The molecule has 1 saturated carbocycles. The Hall–Kier alpha value is -3.61. The number of hydrogen-bond donors (Lipinski definition) is 3. The number of rotatable bonds is 8. The molecule has 0 aliphatic heterocycles. The van der Waals surface area contributed by atoms with Gasteiger partial charge in [0, 0.05) is 31.0 Å². The van der Waals surface area contributed by atoms with Crippen LogP contribution in [0.25, 0.3) is 11.1 Å². The minimum absolute atomic E-state index is 0.00893. The summed E-state index contributed by atoms with van der Waals surface area (Å²) >= 11 is 0. The van der Waals surface area contributed by atoms with E-state index < -0.39 is 12.1 Å². The van der Waals surface area contributed by atoms with E-state index in [1.54, 1.807) is 0 Å². The average molecular weight is 449 g/mol. The third kappa shape index (κ3) is 5.61. The first-order valence-corrected chi connectivity index (χ1v) is 11.3. The fourth-order valence-electron chi connectivity index (χ4n) is 4.87. The molecule has 0 unspecified atom stereocenters. The molecule has 7 nitrogen and oxygen atoms in total. The maximum Gasteiger partial charge on any atom is 0.407 e. The van der Waals surface area contributed by atoms with Gasteiger partial charge >= 0.3 is 12.1 Å². The highest BCUT2D eigenvalue weighted by Crippen LogP contribution is 2.44. The van der Waals surface area contributed by atoms with Gasteiger partial charge in [-0.3, -0.25) is 4.79 Å². The van der Waals surface area contributed by atoms with Crippen molar-refractivity contribution in [1.82, 2.24) is 10.6 Å². The van der Waals surface area contributed by atoms with E-state index in [0.29, 0.717) is 6.42 Å². The molecular weight excluding hydrogens is 420 g/mol. The summed E-state index contributed by atoms with van der Waals surface area (Å²) in [5, 5.41) is 14.2. The SMILES string of the molecule is O=C(O)/C=C/CNC(=O)C[C@H]1CC[C@@H](NC(=O)OCC2c3ccccc3-c3ccccc32)C1. The molecule has 3 N–H and O–H groups in total. The van der Waals surface area contributed by atoms with E-state index in [1.165, 1.54) is 28.3 Å². The van der Waals surface area contributed by atoms with Gasteiger partial charge in [0.1, 0.15) is 6.61 Å². The number of carboxylic acids is 1. The summed E-state index contributed by atoms with van der Waals surface area (Å²) in [6.45, 7) is 0.474. The first-order chi connectivity index (χ1) is 16.0. The second kappa shape index (κ2) is 10.3. The van der Waals surface area contributed by atoms with Gasteiger partial charge in [-0.1, -0.05) is 54.6 Å². The Balaban J connectivity index is 1.23. The van der Waals surface area contributed by atoms with Crippen LogP contribution in [-0.2, 0) is 14.3 Å². The first kappa shape index (κ1) is 22.6. The molecule has 0 radical (unpaired) electrons. The molecule has 2 aromatic carbocycles. The summed E-state index contributed by atoms with van der Waals surface area (Å²) in [6.07, 6.45) is 4.73. The Morgan fingerprint density at radius 2 is 1.67 bits per heavy atom. The van der Waals surface area contributed by atoms with E-state index in [4.69, 9.17) is 9.84 Å². The van der Waals surface area contributed by atoms with Crippen LogP contribution in [0.3, 0.4) is 0 Å². The van der Waals surface area contributed by atoms with E-state index in [2.05, 4.69) is 34.9 Å². The highest BCUT2D eigenvalue weighted by molar-refractivity contribution is 5.80. The zero-order valence-corrected chi connectivity index (χ0v) is 18.3. The highest BCUT2D eigenvalue weighted by Gasteiger charge is 2.31. The predicted molar refractivity (Wildman–Crippen MR) is 124 cm³/mol. The van der Waals surface area contributed by atoms with Crippen LogP contribution >= 0.6 is 0 Å². The van der Waals surface area contributed by atoms with E-state index in [-0.39, 0.29) is 36.9 Å². The van der Waals surface area contributed by atoms with E-state index >= 15 is 0 Å². The predicted octanol–water partition coefficient (Wildman–Crippen LogP) is 3.84. The second-order valence-electron chi connectivity index (χ2n) is 8.59. The number of alkyl carbamates (subject to hydrolysis) is 1.